The fourth-order valence-electron chi connectivity index (χ4n) is 4.48. The maximum Gasteiger partial charge on any atom is 0.336 e. The van der Waals surface area contributed by atoms with Gasteiger partial charge in [-0.3, -0.25) is 9.36 Å². The van der Waals surface area contributed by atoms with E-state index in [9.17, 15) is 9.59 Å². The Morgan fingerprint density at radius 2 is 1.53 bits per heavy atom. The number of ether oxygens (including phenoxy) is 2. The molecule has 0 amide bonds. The minimum absolute atomic E-state index is 0.273. The lowest BCUT2D eigenvalue weighted by Crippen LogP contribution is -2.39. The summed E-state index contributed by atoms with van der Waals surface area (Å²) in [5.41, 5.74) is 3.58. The second kappa shape index (κ2) is 8.26. The average Bonchev–Trinajstić information content (AvgIpc) is 3.15. The van der Waals surface area contributed by atoms with Gasteiger partial charge in [-0.2, -0.15) is 0 Å². The fraction of sp³-hybridized carbons (Fsp3) is 0.185. The lowest BCUT2D eigenvalue weighted by Gasteiger charge is -2.14. The molecule has 0 aliphatic heterocycles. The summed E-state index contributed by atoms with van der Waals surface area (Å²) in [5.74, 6) is 1.36. The van der Waals surface area contributed by atoms with Crippen LogP contribution in [0.15, 0.2) is 76.3 Å². The molecule has 0 saturated heterocycles. The SMILES string of the molecule is COc1cccc(Cn2c(=O)n(-c3ccc(C)cc3)c(=O)c3c2c2cc(OC)ccc2n3C)c1. The molecule has 5 rings (SSSR count). The van der Waals surface area contributed by atoms with E-state index in [1.165, 1.54) is 4.57 Å². The van der Waals surface area contributed by atoms with E-state index in [0.29, 0.717) is 28.2 Å². The molecular formula is C27H25N3O4. The Kier molecular flexibility index (Phi) is 5.24. The number of benzene rings is 3. The van der Waals surface area contributed by atoms with Gasteiger partial charge in [0.25, 0.3) is 5.56 Å². The molecule has 172 valence electrons. The fourth-order valence-corrected chi connectivity index (χ4v) is 4.48. The van der Waals surface area contributed by atoms with E-state index in [-0.39, 0.29) is 12.1 Å². The molecule has 2 aromatic heterocycles. The zero-order valence-corrected chi connectivity index (χ0v) is 19.5. The number of hydrogen-bond donors (Lipinski definition) is 0. The van der Waals surface area contributed by atoms with Crippen molar-refractivity contribution in [3.63, 3.8) is 0 Å². The van der Waals surface area contributed by atoms with E-state index in [0.717, 1.165) is 22.0 Å². The highest BCUT2D eigenvalue weighted by Crippen LogP contribution is 2.29. The Hall–Kier alpha value is -4.26. The molecule has 0 atom stereocenters. The predicted molar refractivity (Wildman–Crippen MR) is 134 cm³/mol. The van der Waals surface area contributed by atoms with Crippen molar-refractivity contribution in [1.82, 2.24) is 13.7 Å². The first-order valence-corrected chi connectivity index (χ1v) is 10.9. The van der Waals surface area contributed by atoms with Crippen LogP contribution in [0.1, 0.15) is 11.1 Å². The largest absolute Gasteiger partial charge is 0.497 e. The molecule has 3 aromatic carbocycles. The van der Waals surface area contributed by atoms with Crippen molar-refractivity contribution in [3.05, 3.63) is 98.7 Å². The van der Waals surface area contributed by atoms with Crippen LogP contribution in [0.2, 0.25) is 0 Å². The standard InChI is InChI=1S/C27H25N3O4/c1-17-8-10-19(11-9-17)30-26(31)25-24(22-15-21(34-4)12-13-23(22)28(25)2)29(27(30)32)16-18-6-5-7-20(14-18)33-3/h5-15H,16H2,1-4H3. The number of fused-ring (bicyclic) bond motifs is 3. The Morgan fingerprint density at radius 1 is 0.824 bits per heavy atom. The first-order chi connectivity index (χ1) is 16.4. The Balaban J connectivity index is 1.91. The van der Waals surface area contributed by atoms with Gasteiger partial charge < -0.3 is 14.0 Å². The van der Waals surface area contributed by atoms with Crippen LogP contribution in [0.25, 0.3) is 27.6 Å². The van der Waals surface area contributed by atoms with Crippen LogP contribution in [0, 0.1) is 6.92 Å². The highest BCUT2D eigenvalue weighted by molar-refractivity contribution is 6.06. The van der Waals surface area contributed by atoms with Gasteiger partial charge in [0, 0.05) is 12.4 Å². The number of aryl methyl sites for hydroxylation is 2. The molecule has 0 aliphatic carbocycles. The highest BCUT2D eigenvalue weighted by Gasteiger charge is 2.22. The maximum absolute atomic E-state index is 13.9. The third-order valence-electron chi connectivity index (χ3n) is 6.24. The summed E-state index contributed by atoms with van der Waals surface area (Å²) in [5, 5.41) is 0.782. The van der Waals surface area contributed by atoms with E-state index >= 15 is 0 Å². The number of rotatable bonds is 5. The quantitative estimate of drug-likeness (QED) is 0.402. The van der Waals surface area contributed by atoms with E-state index in [1.807, 2.05) is 73.1 Å². The van der Waals surface area contributed by atoms with Gasteiger partial charge in [-0.05, 0) is 55.0 Å². The van der Waals surface area contributed by atoms with Crippen LogP contribution in [-0.2, 0) is 13.6 Å². The maximum atomic E-state index is 13.9. The molecule has 0 fully saturated rings. The summed E-state index contributed by atoms with van der Waals surface area (Å²) >= 11 is 0. The van der Waals surface area contributed by atoms with Crippen molar-refractivity contribution in [3.8, 4) is 17.2 Å². The van der Waals surface area contributed by atoms with Gasteiger partial charge in [0.1, 0.15) is 17.0 Å². The zero-order valence-electron chi connectivity index (χ0n) is 19.5. The molecule has 7 nitrogen and oxygen atoms in total. The molecule has 0 N–H and O–H groups in total. The van der Waals surface area contributed by atoms with Gasteiger partial charge in [0.05, 0.1) is 37.5 Å². The summed E-state index contributed by atoms with van der Waals surface area (Å²) in [6, 6.07) is 20.6. The highest BCUT2D eigenvalue weighted by atomic mass is 16.5. The van der Waals surface area contributed by atoms with E-state index in [4.69, 9.17) is 9.47 Å². The van der Waals surface area contributed by atoms with E-state index in [1.54, 1.807) is 30.9 Å². The molecule has 34 heavy (non-hydrogen) atoms. The van der Waals surface area contributed by atoms with E-state index < -0.39 is 5.69 Å². The minimum atomic E-state index is -0.403. The number of methoxy groups -OCH3 is 2. The minimum Gasteiger partial charge on any atom is -0.497 e. The van der Waals surface area contributed by atoms with Crippen molar-refractivity contribution >= 4 is 21.9 Å². The zero-order chi connectivity index (χ0) is 24.0. The van der Waals surface area contributed by atoms with Crippen molar-refractivity contribution in [2.24, 2.45) is 7.05 Å². The average molecular weight is 456 g/mol. The second-order valence-corrected chi connectivity index (χ2v) is 8.34. The van der Waals surface area contributed by atoms with Gasteiger partial charge in [0.15, 0.2) is 0 Å². The summed E-state index contributed by atoms with van der Waals surface area (Å²) in [4.78, 5) is 27.7. The van der Waals surface area contributed by atoms with Crippen LogP contribution >= 0.6 is 0 Å². The monoisotopic (exact) mass is 455 g/mol. The molecule has 0 aliphatic rings. The summed E-state index contributed by atoms with van der Waals surface area (Å²) in [7, 11) is 5.05. The third kappa shape index (κ3) is 3.37. The number of hydrogen-bond acceptors (Lipinski definition) is 4. The normalized spacial score (nSPS) is 11.3. The molecular weight excluding hydrogens is 430 g/mol. The van der Waals surface area contributed by atoms with Crippen molar-refractivity contribution in [2.75, 3.05) is 14.2 Å². The number of aromatic nitrogens is 3. The third-order valence-corrected chi connectivity index (χ3v) is 6.24. The van der Waals surface area contributed by atoms with Crippen LogP contribution in [0.4, 0.5) is 0 Å². The van der Waals surface area contributed by atoms with Crippen LogP contribution < -0.4 is 20.7 Å². The molecule has 2 heterocycles. The summed E-state index contributed by atoms with van der Waals surface area (Å²) in [6.45, 7) is 2.24. The van der Waals surface area contributed by atoms with Gasteiger partial charge in [0.2, 0.25) is 0 Å². The smallest absolute Gasteiger partial charge is 0.336 e. The van der Waals surface area contributed by atoms with Gasteiger partial charge in [-0.1, -0.05) is 29.8 Å². The topological polar surface area (TPSA) is 67.4 Å². The van der Waals surface area contributed by atoms with E-state index in [2.05, 4.69) is 0 Å². The second-order valence-electron chi connectivity index (χ2n) is 8.34. The van der Waals surface area contributed by atoms with Crippen LogP contribution in [-0.4, -0.2) is 27.9 Å². The van der Waals surface area contributed by atoms with Crippen LogP contribution in [0.3, 0.4) is 0 Å². The lowest BCUT2D eigenvalue weighted by atomic mass is 10.2. The first-order valence-electron chi connectivity index (χ1n) is 10.9. The predicted octanol–water partition coefficient (Wildman–Crippen LogP) is 4.02. The molecule has 0 radical (unpaired) electrons. The van der Waals surface area contributed by atoms with Crippen molar-refractivity contribution in [2.45, 2.75) is 13.5 Å². The first kappa shape index (κ1) is 21.6. The molecule has 0 saturated carbocycles. The molecule has 0 bridgehead atoms. The lowest BCUT2D eigenvalue weighted by molar-refractivity contribution is 0.414. The molecule has 7 heteroatoms. The summed E-state index contributed by atoms with van der Waals surface area (Å²) in [6.07, 6.45) is 0. The van der Waals surface area contributed by atoms with Gasteiger partial charge in [-0.15, -0.1) is 0 Å². The molecule has 0 spiro atoms. The van der Waals surface area contributed by atoms with Gasteiger partial charge in [-0.25, -0.2) is 9.36 Å². The Labute approximate surface area is 196 Å². The molecule has 5 aromatic rings. The van der Waals surface area contributed by atoms with Crippen molar-refractivity contribution < 1.29 is 9.47 Å². The molecule has 0 unspecified atom stereocenters. The van der Waals surface area contributed by atoms with Crippen LogP contribution in [0.5, 0.6) is 11.5 Å². The summed E-state index contributed by atoms with van der Waals surface area (Å²) < 4.78 is 15.6. The Bertz CT molecular complexity index is 1660. The Morgan fingerprint density at radius 3 is 2.24 bits per heavy atom. The van der Waals surface area contributed by atoms with Gasteiger partial charge >= 0.3 is 5.69 Å². The number of nitrogens with zero attached hydrogens (tertiary/aromatic N) is 3. The van der Waals surface area contributed by atoms with Crippen molar-refractivity contribution in [1.29, 1.82) is 0 Å².